The van der Waals surface area contributed by atoms with Crippen molar-refractivity contribution in [2.24, 2.45) is 0 Å². The predicted molar refractivity (Wildman–Crippen MR) is 80.9 cm³/mol. The number of rotatable bonds is 4. The van der Waals surface area contributed by atoms with Crippen LogP contribution in [0.3, 0.4) is 0 Å². The van der Waals surface area contributed by atoms with Crippen LogP contribution in [0.15, 0.2) is 47.2 Å². The topological polar surface area (TPSA) is 92.9 Å². The molecular formula is C15H12FN5O2. The number of amides is 1. The molecule has 7 nitrogen and oxygen atoms in total. The maximum absolute atomic E-state index is 13.6. The number of halogens is 1. The summed E-state index contributed by atoms with van der Waals surface area (Å²) in [5.74, 6) is 0.263. The van der Waals surface area contributed by atoms with E-state index in [0.717, 1.165) is 0 Å². The number of benzene rings is 1. The van der Waals surface area contributed by atoms with Gasteiger partial charge in [-0.3, -0.25) is 4.79 Å². The minimum Gasteiger partial charge on any atom is -0.360 e. The molecular weight excluding hydrogens is 301 g/mol. The highest BCUT2D eigenvalue weighted by Gasteiger charge is 2.12. The summed E-state index contributed by atoms with van der Waals surface area (Å²) in [6.45, 7) is 1.71. The van der Waals surface area contributed by atoms with E-state index in [1.165, 1.54) is 18.5 Å². The van der Waals surface area contributed by atoms with Gasteiger partial charge in [0.25, 0.3) is 5.91 Å². The first-order valence-electron chi connectivity index (χ1n) is 6.70. The molecule has 116 valence electrons. The second-order valence-electron chi connectivity index (χ2n) is 4.67. The smallest absolute Gasteiger partial charge is 0.275 e. The first kappa shape index (κ1) is 14.6. The molecule has 0 saturated heterocycles. The number of hydrogen-bond donors (Lipinski definition) is 2. The van der Waals surface area contributed by atoms with Gasteiger partial charge in [0, 0.05) is 12.1 Å². The third kappa shape index (κ3) is 3.49. The fourth-order valence-electron chi connectivity index (χ4n) is 1.86. The fourth-order valence-corrected chi connectivity index (χ4v) is 1.86. The van der Waals surface area contributed by atoms with E-state index in [9.17, 15) is 9.18 Å². The lowest BCUT2D eigenvalue weighted by Gasteiger charge is -2.07. The Kier molecular flexibility index (Phi) is 3.96. The summed E-state index contributed by atoms with van der Waals surface area (Å²) in [6, 6.07) is 9.15. The fraction of sp³-hybridized carbons (Fsp3) is 0.0667. The largest absolute Gasteiger partial charge is 0.360 e. The summed E-state index contributed by atoms with van der Waals surface area (Å²) in [4.78, 5) is 20.0. The van der Waals surface area contributed by atoms with Crippen molar-refractivity contribution in [3.05, 3.63) is 60.0 Å². The molecule has 2 heterocycles. The van der Waals surface area contributed by atoms with Crippen LogP contribution in [-0.2, 0) is 0 Å². The molecule has 8 heteroatoms. The molecule has 0 bridgehead atoms. The second-order valence-corrected chi connectivity index (χ2v) is 4.67. The lowest BCUT2D eigenvalue weighted by molar-refractivity contribution is 0.102. The van der Waals surface area contributed by atoms with Crippen molar-refractivity contribution >= 4 is 23.2 Å². The maximum atomic E-state index is 13.6. The van der Waals surface area contributed by atoms with Crippen molar-refractivity contribution in [2.45, 2.75) is 6.92 Å². The van der Waals surface area contributed by atoms with Crippen molar-refractivity contribution in [3.63, 3.8) is 0 Å². The van der Waals surface area contributed by atoms with E-state index in [4.69, 9.17) is 4.52 Å². The number of anilines is 3. The van der Waals surface area contributed by atoms with Crippen LogP contribution in [0.2, 0.25) is 0 Å². The minimum absolute atomic E-state index is 0.111. The van der Waals surface area contributed by atoms with Crippen molar-refractivity contribution < 1.29 is 13.7 Å². The van der Waals surface area contributed by atoms with Crippen LogP contribution in [0.1, 0.15) is 16.2 Å². The van der Waals surface area contributed by atoms with E-state index in [1.807, 2.05) is 0 Å². The SMILES string of the molecule is Cc1cc(NC(=O)c2cc(Nc3ccccc3F)ncn2)no1. The molecule has 0 aliphatic heterocycles. The van der Waals surface area contributed by atoms with Gasteiger partial charge in [0.1, 0.15) is 29.4 Å². The normalized spacial score (nSPS) is 10.3. The molecule has 0 spiro atoms. The summed E-state index contributed by atoms with van der Waals surface area (Å²) in [5.41, 5.74) is 0.365. The van der Waals surface area contributed by atoms with Crippen LogP contribution in [0, 0.1) is 12.7 Å². The van der Waals surface area contributed by atoms with Gasteiger partial charge in [-0.05, 0) is 19.1 Å². The Labute approximate surface area is 130 Å². The molecule has 3 aromatic rings. The summed E-state index contributed by atoms with van der Waals surface area (Å²) in [5, 5.41) is 9.01. The molecule has 0 unspecified atom stereocenters. The van der Waals surface area contributed by atoms with Gasteiger partial charge in [-0.25, -0.2) is 14.4 Å². The monoisotopic (exact) mass is 313 g/mol. The Hall–Kier alpha value is -3.29. The zero-order valence-electron chi connectivity index (χ0n) is 12.1. The van der Waals surface area contributed by atoms with Crippen molar-refractivity contribution in [2.75, 3.05) is 10.6 Å². The summed E-state index contributed by atoms with van der Waals surface area (Å²) in [7, 11) is 0. The molecule has 1 aromatic carbocycles. The van der Waals surface area contributed by atoms with E-state index < -0.39 is 11.7 Å². The van der Waals surface area contributed by atoms with Gasteiger partial charge in [-0.1, -0.05) is 17.3 Å². The van der Waals surface area contributed by atoms with Crippen molar-refractivity contribution in [3.8, 4) is 0 Å². The number of aromatic nitrogens is 3. The minimum atomic E-state index is -0.475. The third-order valence-electron chi connectivity index (χ3n) is 2.91. The Morgan fingerprint density at radius 2 is 2.00 bits per heavy atom. The Balaban J connectivity index is 1.77. The summed E-state index contributed by atoms with van der Waals surface area (Å²) in [6.07, 6.45) is 1.21. The van der Waals surface area contributed by atoms with Gasteiger partial charge in [-0.2, -0.15) is 0 Å². The highest BCUT2D eigenvalue weighted by molar-refractivity contribution is 6.02. The van der Waals surface area contributed by atoms with Crippen LogP contribution in [0.25, 0.3) is 0 Å². The molecule has 0 radical (unpaired) electrons. The molecule has 1 amide bonds. The highest BCUT2D eigenvalue weighted by atomic mass is 19.1. The maximum Gasteiger partial charge on any atom is 0.275 e. The van der Waals surface area contributed by atoms with Crippen LogP contribution in [0.5, 0.6) is 0 Å². The Morgan fingerprint density at radius 1 is 1.17 bits per heavy atom. The van der Waals surface area contributed by atoms with Crippen LogP contribution >= 0.6 is 0 Å². The van der Waals surface area contributed by atoms with E-state index in [0.29, 0.717) is 11.6 Å². The lowest BCUT2D eigenvalue weighted by Crippen LogP contribution is -2.14. The molecule has 0 fully saturated rings. The number of para-hydroxylation sites is 1. The van der Waals surface area contributed by atoms with Gasteiger partial charge in [0.05, 0.1) is 5.69 Å². The van der Waals surface area contributed by atoms with Gasteiger partial charge in [-0.15, -0.1) is 0 Å². The predicted octanol–water partition coefficient (Wildman–Crippen LogP) is 2.91. The number of carbonyl (C=O) groups is 1. The quantitative estimate of drug-likeness (QED) is 0.769. The zero-order valence-corrected chi connectivity index (χ0v) is 12.1. The van der Waals surface area contributed by atoms with Crippen molar-refractivity contribution in [1.29, 1.82) is 0 Å². The molecule has 2 aromatic heterocycles. The summed E-state index contributed by atoms with van der Waals surface area (Å²) >= 11 is 0. The molecule has 0 aliphatic rings. The third-order valence-corrected chi connectivity index (χ3v) is 2.91. The average Bonchev–Trinajstić information content (AvgIpc) is 2.95. The zero-order chi connectivity index (χ0) is 16.2. The standard InChI is InChI=1S/C15H12FN5O2/c1-9-6-14(21-23-9)20-15(22)12-7-13(18-8-17-12)19-11-5-3-2-4-10(11)16/h2-8H,1H3,(H,17,18,19)(H,20,21,22). The molecule has 23 heavy (non-hydrogen) atoms. The molecule has 0 aliphatic carbocycles. The van der Waals surface area contributed by atoms with Crippen LogP contribution in [-0.4, -0.2) is 21.0 Å². The van der Waals surface area contributed by atoms with E-state index in [-0.39, 0.29) is 17.2 Å². The number of hydrogen-bond acceptors (Lipinski definition) is 6. The Morgan fingerprint density at radius 3 is 2.74 bits per heavy atom. The first-order valence-corrected chi connectivity index (χ1v) is 6.70. The average molecular weight is 313 g/mol. The lowest BCUT2D eigenvalue weighted by atomic mass is 10.3. The van der Waals surface area contributed by atoms with E-state index in [2.05, 4.69) is 25.8 Å². The van der Waals surface area contributed by atoms with Crippen molar-refractivity contribution in [1.82, 2.24) is 15.1 Å². The molecule has 3 rings (SSSR count). The van der Waals surface area contributed by atoms with Crippen LogP contribution in [0.4, 0.5) is 21.7 Å². The highest BCUT2D eigenvalue weighted by Crippen LogP contribution is 2.18. The first-order chi connectivity index (χ1) is 11.1. The van der Waals surface area contributed by atoms with Gasteiger partial charge < -0.3 is 15.2 Å². The van der Waals surface area contributed by atoms with Crippen LogP contribution < -0.4 is 10.6 Å². The van der Waals surface area contributed by atoms with E-state index in [1.54, 1.807) is 31.2 Å². The number of aryl methyl sites for hydroxylation is 1. The molecule has 0 saturated carbocycles. The number of nitrogens with one attached hydrogen (secondary N) is 2. The second kappa shape index (κ2) is 6.22. The number of carbonyl (C=O) groups excluding carboxylic acids is 1. The molecule has 2 N–H and O–H groups in total. The number of nitrogens with zero attached hydrogens (tertiary/aromatic N) is 3. The van der Waals surface area contributed by atoms with Gasteiger partial charge in [0.15, 0.2) is 5.82 Å². The molecule has 0 atom stereocenters. The summed E-state index contributed by atoms with van der Waals surface area (Å²) < 4.78 is 18.5. The Bertz CT molecular complexity index is 849. The van der Waals surface area contributed by atoms with E-state index >= 15 is 0 Å². The van der Waals surface area contributed by atoms with Gasteiger partial charge >= 0.3 is 0 Å². The van der Waals surface area contributed by atoms with Gasteiger partial charge in [0.2, 0.25) is 0 Å².